The fourth-order valence-electron chi connectivity index (χ4n) is 4.31. The largest absolute Gasteiger partial charge is 0.494 e. The van der Waals surface area contributed by atoms with Crippen LogP contribution in [-0.2, 0) is 0 Å². The van der Waals surface area contributed by atoms with E-state index in [9.17, 15) is 4.39 Å². The fourth-order valence-corrected chi connectivity index (χ4v) is 4.31. The molecule has 0 aromatic heterocycles. The van der Waals surface area contributed by atoms with Crippen LogP contribution >= 0.6 is 0 Å². The van der Waals surface area contributed by atoms with Crippen molar-refractivity contribution in [2.24, 2.45) is 15.7 Å². The monoisotopic (exact) mass is 433 g/mol. The number of likely N-dealkylation sites (N-methyl/N-ethyl adjacent to an activating group) is 1. The molecule has 5 N–H and O–H groups in total. The first-order valence-corrected chi connectivity index (χ1v) is 11.3. The Balaban J connectivity index is 1.63. The third-order valence-electron chi connectivity index (χ3n) is 5.97. The number of aliphatic imine (C=N–C) groups is 2. The Morgan fingerprint density at radius 1 is 1.26 bits per heavy atom. The zero-order chi connectivity index (χ0) is 22.1. The molecular weight excluding hydrogens is 397 g/mol. The Kier molecular flexibility index (Phi) is 8.90. The number of ether oxygens (including phenoxy) is 1. The predicted molar refractivity (Wildman–Crippen MR) is 124 cm³/mol. The highest BCUT2D eigenvalue weighted by atomic mass is 19.1. The number of anilines is 1. The summed E-state index contributed by atoms with van der Waals surface area (Å²) >= 11 is 0. The molecule has 8 nitrogen and oxygen atoms in total. The van der Waals surface area contributed by atoms with Crippen molar-refractivity contribution in [1.29, 1.82) is 0 Å². The molecule has 1 heterocycles. The first kappa shape index (κ1) is 23.3. The number of methoxy groups -OCH3 is 1. The number of likely N-dealkylation sites (tertiary alicyclic amines) is 1. The fraction of sp³-hybridized carbons (Fsp3) is 0.636. The number of guanidine groups is 2. The van der Waals surface area contributed by atoms with Gasteiger partial charge in [0.1, 0.15) is 0 Å². The van der Waals surface area contributed by atoms with Crippen LogP contribution in [0.15, 0.2) is 28.2 Å². The number of halogens is 1. The molecule has 1 aromatic rings. The van der Waals surface area contributed by atoms with Crippen molar-refractivity contribution in [2.45, 2.75) is 57.5 Å². The second-order valence-electron chi connectivity index (χ2n) is 8.12. The first-order chi connectivity index (χ1) is 15.1. The molecule has 1 atom stereocenters. The molecule has 172 valence electrons. The summed E-state index contributed by atoms with van der Waals surface area (Å²) in [5, 5.41) is 9.72. The highest BCUT2D eigenvalue weighted by Gasteiger charge is 2.22. The van der Waals surface area contributed by atoms with Crippen LogP contribution in [0.1, 0.15) is 45.4 Å². The summed E-state index contributed by atoms with van der Waals surface area (Å²) in [6.07, 6.45) is 7.04. The van der Waals surface area contributed by atoms with E-state index in [1.807, 2.05) is 0 Å². The minimum atomic E-state index is -0.452. The molecule has 3 rings (SSSR count). The smallest absolute Gasteiger partial charge is 0.227 e. The van der Waals surface area contributed by atoms with Crippen LogP contribution in [0.4, 0.5) is 10.1 Å². The quantitative estimate of drug-likeness (QED) is 0.286. The van der Waals surface area contributed by atoms with Crippen LogP contribution < -0.4 is 26.4 Å². The molecule has 0 radical (unpaired) electrons. The average Bonchev–Trinajstić information content (AvgIpc) is 3.42. The maximum absolute atomic E-state index is 14.1. The third kappa shape index (κ3) is 7.07. The van der Waals surface area contributed by atoms with Crippen molar-refractivity contribution in [3.05, 3.63) is 24.0 Å². The van der Waals surface area contributed by atoms with Crippen molar-refractivity contribution >= 4 is 17.6 Å². The first-order valence-electron chi connectivity index (χ1n) is 11.3. The predicted octanol–water partition coefficient (Wildman–Crippen LogP) is 2.48. The highest BCUT2D eigenvalue weighted by molar-refractivity contribution is 6.01. The Hall–Kier alpha value is -2.39. The van der Waals surface area contributed by atoms with Gasteiger partial charge in [-0.15, -0.1) is 0 Å². The number of nitrogens with zero attached hydrogens (tertiary/aromatic N) is 3. The molecule has 2 fully saturated rings. The van der Waals surface area contributed by atoms with Gasteiger partial charge in [0.15, 0.2) is 17.5 Å². The standard InChI is InChI=1S/C22H36FN7O/c1-3-30-12-6-9-18(30)14-25-15-26-22(29-21(24)27-16-7-4-5-8-16)28-17-10-11-20(31-2)19(23)13-17/h10-11,13,16,18,25H,3-9,12,14-15H2,1-2H3,(H4,24,26,27,28,29). The van der Waals surface area contributed by atoms with Gasteiger partial charge in [-0.05, 0) is 50.9 Å². The Morgan fingerprint density at radius 3 is 2.77 bits per heavy atom. The summed E-state index contributed by atoms with van der Waals surface area (Å²) in [7, 11) is 1.44. The molecule has 1 unspecified atom stereocenters. The number of rotatable bonds is 8. The van der Waals surface area contributed by atoms with E-state index in [1.165, 1.54) is 38.9 Å². The molecule has 1 saturated heterocycles. The minimum Gasteiger partial charge on any atom is -0.494 e. The van der Waals surface area contributed by atoms with Gasteiger partial charge in [0, 0.05) is 30.4 Å². The lowest BCUT2D eigenvalue weighted by Gasteiger charge is -2.22. The molecule has 2 aliphatic rings. The molecule has 9 heteroatoms. The van der Waals surface area contributed by atoms with Gasteiger partial charge in [0.25, 0.3) is 0 Å². The maximum Gasteiger partial charge on any atom is 0.227 e. The zero-order valence-corrected chi connectivity index (χ0v) is 18.7. The van der Waals surface area contributed by atoms with Gasteiger partial charge in [0.05, 0.1) is 13.8 Å². The molecule has 0 spiro atoms. The van der Waals surface area contributed by atoms with Crippen molar-refractivity contribution in [2.75, 3.05) is 38.7 Å². The summed E-state index contributed by atoms with van der Waals surface area (Å²) in [6.45, 7) is 5.70. The van der Waals surface area contributed by atoms with E-state index in [1.54, 1.807) is 12.1 Å². The van der Waals surface area contributed by atoms with Crippen molar-refractivity contribution in [3.8, 4) is 5.75 Å². The van der Waals surface area contributed by atoms with Gasteiger partial charge < -0.3 is 21.1 Å². The molecule has 1 saturated carbocycles. The SMILES string of the molecule is CCN1CCCC1CNC/N=C(\N=C(/N)NC1CCCC1)Nc1ccc(OC)c(F)c1. The molecule has 0 bridgehead atoms. The van der Waals surface area contributed by atoms with Crippen molar-refractivity contribution in [3.63, 3.8) is 0 Å². The van der Waals surface area contributed by atoms with Crippen LogP contribution in [0.25, 0.3) is 0 Å². The number of benzene rings is 1. The van der Waals surface area contributed by atoms with E-state index in [-0.39, 0.29) is 5.75 Å². The lowest BCUT2D eigenvalue weighted by molar-refractivity contribution is 0.261. The molecule has 1 aromatic carbocycles. The molecular formula is C22H36FN7O. The lowest BCUT2D eigenvalue weighted by Crippen LogP contribution is -2.40. The van der Waals surface area contributed by atoms with E-state index in [0.29, 0.717) is 36.4 Å². The van der Waals surface area contributed by atoms with Gasteiger partial charge in [0.2, 0.25) is 5.96 Å². The van der Waals surface area contributed by atoms with Gasteiger partial charge >= 0.3 is 0 Å². The van der Waals surface area contributed by atoms with E-state index < -0.39 is 5.82 Å². The van der Waals surface area contributed by atoms with Crippen LogP contribution in [0, 0.1) is 5.82 Å². The van der Waals surface area contributed by atoms with Gasteiger partial charge in [-0.3, -0.25) is 10.2 Å². The number of hydrogen-bond donors (Lipinski definition) is 4. The Morgan fingerprint density at radius 2 is 2.06 bits per heavy atom. The van der Waals surface area contributed by atoms with Gasteiger partial charge in [-0.1, -0.05) is 19.8 Å². The molecule has 31 heavy (non-hydrogen) atoms. The third-order valence-corrected chi connectivity index (χ3v) is 5.97. The second kappa shape index (κ2) is 11.9. The average molecular weight is 434 g/mol. The topological polar surface area (TPSA) is 99.3 Å². The number of nitrogens with one attached hydrogen (secondary N) is 3. The summed E-state index contributed by atoms with van der Waals surface area (Å²) in [5.41, 5.74) is 6.65. The van der Waals surface area contributed by atoms with Crippen LogP contribution in [0.2, 0.25) is 0 Å². The van der Waals surface area contributed by atoms with E-state index in [4.69, 9.17) is 10.5 Å². The summed E-state index contributed by atoms with van der Waals surface area (Å²) < 4.78 is 19.1. The van der Waals surface area contributed by atoms with Crippen molar-refractivity contribution in [1.82, 2.24) is 15.5 Å². The highest BCUT2D eigenvalue weighted by Crippen LogP contribution is 2.21. The molecule has 1 aliphatic carbocycles. The Bertz CT molecular complexity index is 764. The van der Waals surface area contributed by atoms with E-state index >= 15 is 0 Å². The van der Waals surface area contributed by atoms with E-state index in [2.05, 4.69) is 37.8 Å². The normalized spacial score (nSPS) is 20.9. The van der Waals surface area contributed by atoms with Crippen molar-refractivity contribution < 1.29 is 9.13 Å². The Labute approximate surface area is 184 Å². The number of hydrogen-bond acceptors (Lipinski definition) is 4. The zero-order valence-electron chi connectivity index (χ0n) is 18.7. The van der Waals surface area contributed by atoms with Gasteiger partial charge in [-0.25, -0.2) is 9.38 Å². The second-order valence-corrected chi connectivity index (χ2v) is 8.12. The molecule has 1 aliphatic heterocycles. The lowest BCUT2D eigenvalue weighted by atomic mass is 10.2. The number of nitrogens with two attached hydrogens (primary N) is 1. The van der Waals surface area contributed by atoms with Crippen LogP contribution in [-0.4, -0.2) is 62.3 Å². The van der Waals surface area contributed by atoms with Crippen LogP contribution in [0.3, 0.4) is 0 Å². The molecule has 0 amide bonds. The minimum absolute atomic E-state index is 0.189. The van der Waals surface area contributed by atoms with Crippen LogP contribution in [0.5, 0.6) is 5.75 Å². The summed E-state index contributed by atoms with van der Waals surface area (Å²) in [6, 6.07) is 5.54. The summed E-state index contributed by atoms with van der Waals surface area (Å²) in [5.74, 6) is 0.388. The van der Waals surface area contributed by atoms with Gasteiger partial charge in [-0.2, -0.15) is 4.99 Å². The maximum atomic E-state index is 14.1. The van der Waals surface area contributed by atoms with E-state index in [0.717, 1.165) is 32.5 Å². The summed E-state index contributed by atoms with van der Waals surface area (Å²) in [4.78, 5) is 11.4.